The zero-order chi connectivity index (χ0) is 13.1. The molecule has 0 fully saturated rings. The molecule has 0 aromatic heterocycles. The van der Waals surface area contributed by atoms with Crippen molar-refractivity contribution in [3.8, 4) is 0 Å². The highest BCUT2D eigenvalue weighted by Gasteiger charge is 2.32. The van der Waals surface area contributed by atoms with Crippen LogP contribution in [-0.2, 0) is 9.47 Å². The van der Waals surface area contributed by atoms with E-state index in [1.165, 1.54) is 0 Å². The second kappa shape index (κ2) is 9.83. The van der Waals surface area contributed by atoms with Crippen LogP contribution < -0.4 is 5.73 Å². The monoisotopic (exact) mass is 246 g/mol. The molecule has 0 saturated heterocycles. The summed E-state index contributed by atoms with van der Waals surface area (Å²) < 4.78 is 10.4. The molecular formula is C13H30N2O2. The van der Waals surface area contributed by atoms with Gasteiger partial charge in [-0.15, -0.1) is 0 Å². The summed E-state index contributed by atoms with van der Waals surface area (Å²) in [5, 5.41) is 0. The molecule has 0 saturated carbocycles. The van der Waals surface area contributed by atoms with Gasteiger partial charge in [0.05, 0.1) is 13.2 Å². The summed E-state index contributed by atoms with van der Waals surface area (Å²) in [6.07, 6.45) is 3.36. The number of hydrogen-bond donors (Lipinski definition) is 1. The Morgan fingerprint density at radius 1 is 1.06 bits per heavy atom. The molecule has 1 unspecified atom stereocenters. The quantitative estimate of drug-likeness (QED) is 0.600. The molecule has 0 rings (SSSR count). The minimum atomic E-state index is 0.103. The third-order valence-corrected chi connectivity index (χ3v) is 3.55. The molecule has 17 heavy (non-hydrogen) atoms. The van der Waals surface area contributed by atoms with Crippen LogP contribution in [0.3, 0.4) is 0 Å². The van der Waals surface area contributed by atoms with Gasteiger partial charge in [-0.05, 0) is 12.8 Å². The second-order valence-corrected chi connectivity index (χ2v) is 4.50. The molecule has 0 bridgehead atoms. The Labute approximate surface area is 106 Å². The fraction of sp³-hybridized carbons (Fsp3) is 1.00. The highest BCUT2D eigenvalue weighted by molar-refractivity contribution is 4.90. The fourth-order valence-corrected chi connectivity index (χ4v) is 2.39. The number of nitrogens with two attached hydrogens (primary N) is 1. The lowest BCUT2D eigenvalue weighted by molar-refractivity contribution is 0.0288. The van der Waals surface area contributed by atoms with Gasteiger partial charge in [-0.25, -0.2) is 0 Å². The largest absolute Gasteiger partial charge is 0.383 e. The van der Waals surface area contributed by atoms with Crippen molar-refractivity contribution in [1.29, 1.82) is 0 Å². The molecule has 0 aliphatic rings. The lowest BCUT2D eigenvalue weighted by atomic mass is 9.88. The summed E-state index contributed by atoms with van der Waals surface area (Å²) in [5.74, 6) is 0. The molecule has 1 atom stereocenters. The Hall–Kier alpha value is -0.160. The van der Waals surface area contributed by atoms with Crippen LogP contribution in [0.15, 0.2) is 0 Å². The first-order valence-electron chi connectivity index (χ1n) is 6.63. The maximum absolute atomic E-state index is 6.03. The summed E-state index contributed by atoms with van der Waals surface area (Å²) >= 11 is 0. The Morgan fingerprint density at radius 3 is 1.88 bits per heavy atom. The average molecular weight is 246 g/mol. The normalized spacial score (nSPS) is 15.2. The molecule has 0 amide bonds. The summed E-state index contributed by atoms with van der Waals surface area (Å²) in [6.45, 7) is 8.46. The number of methoxy groups -OCH3 is 2. The van der Waals surface area contributed by atoms with Gasteiger partial charge >= 0.3 is 0 Å². The summed E-state index contributed by atoms with van der Waals surface area (Å²) in [6, 6.07) is 0. The van der Waals surface area contributed by atoms with Crippen LogP contribution in [0.1, 0.15) is 33.1 Å². The first-order chi connectivity index (χ1) is 8.20. The summed E-state index contributed by atoms with van der Waals surface area (Å²) in [7, 11) is 3.48. The second-order valence-electron chi connectivity index (χ2n) is 4.50. The molecule has 104 valence electrons. The summed E-state index contributed by atoms with van der Waals surface area (Å²) in [4.78, 5) is 2.43. The van der Waals surface area contributed by atoms with Crippen molar-refractivity contribution in [2.75, 3.05) is 47.1 Å². The molecular weight excluding hydrogens is 216 g/mol. The average Bonchev–Trinajstić information content (AvgIpc) is 2.37. The third-order valence-electron chi connectivity index (χ3n) is 3.55. The highest BCUT2D eigenvalue weighted by Crippen LogP contribution is 2.24. The van der Waals surface area contributed by atoms with E-state index in [4.69, 9.17) is 15.2 Å². The molecule has 0 radical (unpaired) electrons. The van der Waals surface area contributed by atoms with Crippen molar-refractivity contribution in [2.24, 2.45) is 5.73 Å². The molecule has 0 aromatic carbocycles. The first kappa shape index (κ1) is 16.8. The van der Waals surface area contributed by atoms with Gasteiger partial charge in [0.1, 0.15) is 0 Å². The predicted molar refractivity (Wildman–Crippen MR) is 72.3 cm³/mol. The minimum absolute atomic E-state index is 0.103. The number of rotatable bonds is 11. The minimum Gasteiger partial charge on any atom is -0.383 e. The number of hydrogen-bond acceptors (Lipinski definition) is 4. The highest BCUT2D eigenvalue weighted by atomic mass is 16.5. The zero-order valence-electron chi connectivity index (χ0n) is 12.0. The Kier molecular flexibility index (Phi) is 9.74. The molecule has 0 heterocycles. The van der Waals surface area contributed by atoms with E-state index in [1.807, 2.05) is 0 Å². The van der Waals surface area contributed by atoms with E-state index in [0.29, 0.717) is 6.54 Å². The molecule has 4 nitrogen and oxygen atoms in total. The standard InChI is InChI=1S/C13H30N2O2/c1-5-7-13(6-2,12-14)15(8-10-16-3)9-11-17-4/h5-12,14H2,1-4H3. The number of nitrogens with zero attached hydrogens (tertiary/aromatic N) is 1. The predicted octanol–water partition coefficient (Wildman–Crippen LogP) is 1.49. The topological polar surface area (TPSA) is 47.7 Å². The smallest absolute Gasteiger partial charge is 0.0589 e. The van der Waals surface area contributed by atoms with Crippen molar-refractivity contribution in [3.63, 3.8) is 0 Å². The van der Waals surface area contributed by atoms with E-state index in [-0.39, 0.29) is 5.54 Å². The molecule has 0 aromatic rings. The molecule has 0 aliphatic carbocycles. The van der Waals surface area contributed by atoms with Gasteiger partial charge < -0.3 is 15.2 Å². The van der Waals surface area contributed by atoms with Crippen LogP contribution in [0.2, 0.25) is 0 Å². The van der Waals surface area contributed by atoms with Crippen molar-refractivity contribution >= 4 is 0 Å². The van der Waals surface area contributed by atoms with Crippen molar-refractivity contribution in [1.82, 2.24) is 4.90 Å². The van der Waals surface area contributed by atoms with Crippen LogP contribution in [0.5, 0.6) is 0 Å². The van der Waals surface area contributed by atoms with Gasteiger partial charge in [0.2, 0.25) is 0 Å². The van der Waals surface area contributed by atoms with Crippen molar-refractivity contribution in [2.45, 2.75) is 38.6 Å². The Morgan fingerprint density at radius 2 is 1.59 bits per heavy atom. The first-order valence-corrected chi connectivity index (χ1v) is 6.63. The maximum atomic E-state index is 6.03. The Balaban J connectivity index is 4.64. The SMILES string of the molecule is CCCC(CC)(CN)N(CCOC)CCOC. The van der Waals surface area contributed by atoms with E-state index in [9.17, 15) is 0 Å². The van der Waals surface area contributed by atoms with Crippen LogP contribution in [0, 0.1) is 0 Å². The van der Waals surface area contributed by atoms with E-state index >= 15 is 0 Å². The molecule has 2 N–H and O–H groups in total. The van der Waals surface area contributed by atoms with E-state index in [2.05, 4.69) is 18.7 Å². The summed E-state index contributed by atoms with van der Waals surface area (Å²) in [5.41, 5.74) is 6.13. The van der Waals surface area contributed by atoms with E-state index in [1.54, 1.807) is 14.2 Å². The number of ether oxygens (including phenoxy) is 2. The Bertz CT molecular complexity index is 165. The van der Waals surface area contributed by atoms with Gasteiger partial charge in [-0.2, -0.15) is 0 Å². The van der Waals surface area contributed by atoms with Crippen LogP contribution in [-0.4, -0.2) is 57.5 Å². The lowest BCUT2D eigenvalue weighted by Gasteiger charge is -2.43. The van der Waals surface area contributed by atoms with Crippen LogP contribution in [0.25, 0.3) is 0 Å². The van der Waals surface area contributed by atoms with Gasteiger partial charge in [-0.1, -0.05) is 20.3 Å². The van der Waals surface area contributed by atoms with Crippen molar-refractivity contribution < 1.29 is 9.47 Å². The maximum Gasteiger partial charge on any atom is 0.0589 e. The van der Waals surface area contributed by atoms with E-state index < -0.39 is 0 Å². The van der Waals surface area contributed by atoms with E-state index in [0.717, 1.165) is 45.6 Å². The lowest BCUT2D eigenvalue weighted by Crippen LogP contribution is -2.55. The van der Waals surface area contributed by atoms with Gasteiger partial charge in [0.15, 0.2) is 0 Å². The van der Waals surface area contributed by atoms with Crippen LogP contribution in [0.4, 0.5) is 0 Å². The molecule has 0 spiro atoms. The van der Waals surface area contributed by atoms with Gasteiger partial charge in [0.25, 0.3) is 0 Å². The van der Waals surface area contributed by atoms with Gasteiger partial charge in [0, 0.05) is 39.4 Å². The zero-order valence-corrected chi connectivity index (χ0v) is 12.0. The molecule has 4 heteroatoms. The van der Waals surface area contributed by atoms with Crippen LogP contribution >= 0.6 is 0 Å². The third kappa shape index (κ3) is 5.34. The fourth-order valence-electron chi connectivity index (χ4n) is 2.39. The van der Waals surface area contributed by atoms with Crippen molar-refractivity contribution in [3.05, 3.63) is 0 Å². The molecule has 0 aliphatic heterocycles. The van der Waals surface area contributed by atoms with Gasteiger partial charge in [-0.3, -0.25) is 4.90 Å².